The summed E-state index contributed by atoms with van der Waals surface area (Å²) in [5, 5.41) is 12.4. The van der Waals surface area contributed by atoms with Crippen LogP contribution in [0, 0.1) is 0 Å². The van der Waals surface area contributed by atoms with Crippen LogP contribution in [0.15, 0.2) is 12.1 Å². The first kappa shape index (κ1) is 19.0. The monoisotopic (exact) mass is 365 g/mol. The van der Waals surface area contributed by atoms with E-state index in [1.807, 2.05) is 0 Å². The number of amides is 1. The molecule has 0 bridgehead atoms. The first-order chi connectivity index (χ1) is 12.1. The van der Waals surface area contributed by atoms with Gasteiger partial charge in [0.1, 0.15) is 5.01 Å². The summed E-state index contributed by atoms with van der Waals surface area (Å²) in [7, 11) is 4.53. The fourth-order valence-corrected chi connectivity index (χ4v) is 3.47. The van der Waals surface area contributed by atoms with Crippen molar-refractivity contribution < 1.29 is 19.0 Å². The summed E-state index contributed by atoms with van der Waals surface area (Å²) in [6, 6.07) is 3.19. The Bertz CT molecular complexity index is 703. The van der Waals surface area contributed by atoms with Gasteiger partial charge in [-0.25, -0.2) is 0 Å². The van der Waals surface area contributed by atoms with Crippen LogP contribution in [0.3, 0.4) is 0 Å². The number of benzene rings is 1. The Morgan fingerprint density at radius 3 is 2.16 bits per heavy atom. The minimum absolute atomic E-state index is 0.313. The Kier molecular flexibility index (Phi) is 6.58. The minimum Gasteiger partial charge on any atom is -0.493 e. The molecule has 2 rings (SSSR count). The van der Waals surface area contributed by atoms with Gasteiger partial charge in [0.25, 0.3) is 5.91 Å². The minimum atomic E-state index is -0.313. The molecule has 0 saturated heterocycles. The number of hydrogen-bond acceptors (Lipinski definition) is 7. The Morgan fingerprint density at radius 2 is 1.68 bits per heavy atom. The Labute approximate surface area is 151 Å². The van der Waals surface area contributed by atoms with E-state index >= 15 is 0 Å². The number of carbonyl (C=O) groups excluding carboxylic acids is 1. The molecule has 25 heavy (non-hydrogen) atoms. The molecule has 8 heteroatoms. The fraction of sp³-hybridized carbons (Fsp3) is 0.471. The molecule has 1 N–H and O–H groups in total. The molecule has 1 aromatic carbocycles. The lowest BCUT2D eigenvalue weighted by Gasteiger charge is -2.13. The maximum absolute atomic E-state index is 12.5. The van der Waals surface area contributed by atoms with Crippen LogP contribution in [-0.4, -0.2) is 37.4 Å². The van der Waals surface area contributed by atoms with Gasteiger partial charge in [0.05, 0.1) is 21.3 Å². The molecule has 0 saturated carbocycles. The third-order valence-electron chi connectivity index (χ3n) is 3.92. The van der Waals surface area contributed by atoms with Crippen molar-refractivity contribution >= 4 is 22.4 Å². The van der Waals surface area contributed by atoms with Crippen LogP contribution in [0.5, 0.6) is 17.2 Å². The van der Waals surface area contributed by atoms with Crippen LogP contribution in [0.1, 0.15) is 48.0 Å². The number of ether oxygens (including phenoxy) is 3. The molecule has 0 aliphatic heterocycles. The Morgan fingerprint density at radius 1 is 1.08 bits per heavy atom. The molecule has 0 spiro atoms. The zero-order chi connectivity index (χ0) is 18.4. The number of rotatable bonds is 8. The molecule has 0 unspecified atom stereocenters. The van der Waals surface area contributed by atoms with E-state index in [1.165, 1.54) is 32.7 Å². The molecule has 2 aromatic rings. The van der Waals surface area contributed by atoms with Gasteiger partial charge < -0.3 is 14.2 Å². The third kappa shape index (κ3) is 4.19. The first-order valence-electron chi connectivity index (χ1n) is 8.02. The lowest BCUT2D eigenvalue weighted by molar-refractivity contribution is 0.102. The molecule has 0 atom stereocenters. The van der Waals surface area contributed by atoms with Crippen LogP contribution >= 0.6 is 11.3 Å². The van der Waals surface area contributed by atoms with E-state index in [1.54, 1.807) is 12.1 Å². The van der Waals surface area contributed by atoms with Crippen molar-refractivity contribution in [1.82, 2.24) is 10.2 Å². The third-order valence-corrected chi connectivity index (χ3v) is 4.92. The molecule has 0 aliphatic rings. The van der Waals surface area contributed by atoms with Crippen LogP contribution < -0.4 is 19.5 Å². The molecule has 136 valence electrons. The van der Waals surface area contributed by atoms with Gasteiger partial charge in [-0.05, 0) is 25.0 Å². The lowest BCUT2D eigenvalue weighted by atomic mass is 10.1. The van der Waals surface area contributed by atoms with Crippen molar-refractivity contribution in [2.45, 2.75) is 32.6 Å². The maximum atomic E-state index is 12.5. The predicted molar refractivity (Wildman–Crippen MR) is 97.3 cm³/mol. The largest absolute Gasteiger partial charge is 0.493 e. The first-order valence-corrected chi connectivity index (χ1v) is 8.84. The van der Waals surface area contributed by atoms with E-state index < -0.39 is 0 Å². The van der Waals surface area contributed by atoms with Gasteiger partial charge >= 0.3 is 0 Å². The smallest absolute Gasteiger partial charge is 0.257 e. The van der Waals surface area contributed by atoms with Gasteiger partial charge in [0, 0.05) is 11.5 Å². The number of hydrogen-bond donors (Lipinski definition) is 1. The van der Waals surface area contributed by atoms with Crippen molar-refractivity contribution in [3.05, 3.63) is 22.7 Å². The van der Waals surface area contributed by atoms with Gasteiger partial charge in [0.15, 0.2) is 11.5 Å². The Hall–Kier alpha value is -2.35. The van der Waals surface area contributed by atoms with E-state index in [0.29, 0.717) is 33.9 Å². The van der Waals surface area contributed by atoms with Crippen molar-refractivity contribution in [3.8, 4) is 17.2 Å². The average molecular weight is 365 g/mol. The topological polar surface area (TPSA) is 82.6 Å². The molecular weight excluding hydrogens is 342 g/mol. The second kappa shape index (κ2) is 8.66. The van der Waals surface area contributed by atoms with Crippen molar-refractivity contribution in [3.63, 3.8) is 0 Å². The molecule has 1 aromatic heterocycles. The number of methoxy groups -OCH3 is 3. The number of nitrogens with zero attached hydrogens (tertiary/aromatic N) is 2. The molecule has 1 heterocycles. The number of aromatic nitrogens is 2. The summed E-state index contributed by atoms with van der Waals surface area (Å²) in [6.45, 7) is 4.23. The Balaban J connectivity index is 2.24. The molecule has 1 amide bonds. The highest BCUT2D eigenvalue weighted by atomic mass is 32.1. The fourth-order valence-electron chi connectivity index (χ4n) is 2.47. The summed E-state index contributed by atoms with van der Waals surface area (Å²) in [5.74, 6) is 1.33. The zero-order valence-corrected chi connectivity index (χ0v) is 15.9. The highest BCUT2D eigenvalue weighted by Gasteiger charge is 2.19. The van der Waals surface area contributed by atoms with E-state index in [9.17, 15) is 4.79 Å². The molecule has 0 fully saturated rings. The number of anilines is 1. The normalized spacial score (nSPS) is 10.6. The van der Waals surface area contributed by atoms with E-state index in [2.05, 4.69) is 29.4 Å². The molecule has 7 nitrogen and oxygen atoms in total. The molecular formula is C17H23N3O4S. The molecule has 0 aliphatic carbocycles. The second-order valence-corrected chi connectivity index (χ2v) is 6.34. The van der Waals surface area contributed by atoms with Crippen LogP contribution in [0.25, 0.3) is 0 Å². The maximum Gasteiger partial charge on any atom is 0.257 e. The summed E-state index contributed by atoms with van der Waals surface area (Å²) in [5.41, 5.74) is 0.383. The predicted octanol–water partition coefficient (Wildman–Crippen LogP) is 3.72. The zero-order valence-electron chi connectivity index (χ0n) is 15.1. The second-order valence-electron chi connectivity index (χ2n) is 5.33. The van der Waals surface area contributed by atoms with E-state index in [-0.39, 0.29) is 5.91 Å². The van der Waals surface area contributed by atoms with Gasteiger partial charge in [-0.3, -0.25) is 10.1 Å². The number of nitrogens with one attached hydrogen (secondary N) is 1. The highest BCUT2D eigenvalue weighted by molar-refractivity contribution is 7.15. The quantitative estimate of drug-likeness (QED) is 0.768. The summed E-state index contributed by atoms with van der Waals surface area (Å²) in [6.07, 6.45) is 1.98. The SMILES string of the molecule is CCC(CC)c1nnc(NC(=O)c2cc(OC)c(OC)c(OC)c2)s1. The van der Waals surface area contributed by atoms with Crippen molar-refractivity contribution in [2.75, 3.05) is 26.6 Å². The summed E-state index contributed by atoms with van der Waals surface area (Å²) in [4.78, 5) is 12.5. The van der Waals surface area contributed by atoms with Crippen LogP contribution in [0.4, 0.5) is 5.13 Å². The summed E-state index contributed by atoms with van der Waals surface area (Å²) >= 11 is 1.40. The van der Waals surface area contributed by atoms with Gasteiger partial charge in [0.2, 0.25) is 10.9 Å². The van der Waals surface area contributed by atoms with E-state index in [0.717, 1.165) is 17.8 Å². The van der Waals surface area contributed by atoms with Crippen LogP contribution in [-0.2, 0) is 0 Å². The van der Waals surface area contributed by atoms with Crippen molar-refractivity contribution in [1.29, 1.82) is 0 Å². The summed E-state index contributed by atoms with van der Waals surface area (Å²) < 4.78 is 15.8. The standard InChI is InChI=1S/C17H23N3O4S/c1-6-10(7-2)16-19-20-17(25-16)18-15(21)11-8-12(22-3)14(24-5)13(9-11)23-4/h8-10H,6-7H2,1-5H3,(H,18,20,21). The lowest BCUT2D eigenvalue weighted by Crippen LogP contribution is -2.12. The van der Waals surface area contributed by atoms with Crippen LogP contribution in [0.2, 0.25) is 0 Å². The average Bonchev–Trinajstić information content (AvgIpc) is 3.09. The van der Waals surface area contributed by atoms with Gasteiger partial charge in [-0.1, -0.05) is 25.2 Å². The van der Waals surface area contributed by atoms with Gasteiger partial charge in [-0.15, -0.1) is 10.2 Å². The van der Waals surface area contributed by atoms with Crippen molar-refractivity contribution in [2.24, 2.45) is 0 Å². The highest BCUT2D eigenvalue weighted by Crippen LogP contribution is 2.38. The van der Waals surface area contributed by atoms with E-state index in [4.69, 9.17) is 14.2 Å². The number of carbonyl (C=O) groups is 1. The molecule has 0 radical (unpaired) electrons. The van der Waals surface area contributed by atoms with Gasteiger partial charge in [-0.2, -0.15) is 0 Å².